The standard InChI is InChI=1S/C16H23F3N4O3/c1-10-8-23(14(25)15(2,26)16(17,18)19)6-5-12(10)22(4)13(24)11-7-20-21(3)9-11/h7,9-10,12,26H,5-6,8H2,1-4H3/t10-,12+,15+/m0/s1. The van der Waals surface area contributed by atoms with Crippen molar-refractivity contribution >= 4 is 11.8 Å². The van der Waals surface area contributed by atoms with Crippen LogP contribution in [0.5, 0.6) is 0 Å². The molecule has 1 aromatic heterocycles. The molecule has 0 aromatic carbocycles. The molecule has 2 heterocycles. The Labute approximate surface area is 149 Å². The summed E-state index contributed by atoms with van der Waals surface area (Å²) in [6, 6.07) is -0.234. The van der Waals surface area contributed by atoms with Crippen LogP contribution in [0.4, 0.5) is 13.2 Å². The summed E-state index contributed by atoms with van der Waals surface area (Å²) in [6.45, 7) is 2.29. The van der Waals surface area contributed by atoms with Gasteiger partial charge in [-0.2, -0.15) is 18.3 Å². The van der Waals surface area contributed by atoms with Crippen LogP contribution in [-0.4, -0.2) is 74.5 Å². The molecule has 0 aliphatic carbocycles. The minimum Gasteiger partial charge on any atom is -0.373 e. The Morgan fingerprint density at radius 1 is 1.38 bits per heavy atom. The quantitative estimate of drug-likeness (QED) is 0.855. The summed E-state index contributed by atoms with van der Waals surface area (Å²) >= 11 is 0. The molecule has 0 saturated carbocycles. The predicted molar refractivity (Wildman–Crippen MR) is 86.1 cm³/mol. The summed E-state index contributed by atoms with van der Waals surface area (Å²) in [4.78, 5) is 27.2. The van der Waals surface area contributed by atoms with Gasteiger partial charge in [-0.3, -0.25) is 14.3 Å². The first-order valence-electron chi connectivity index (χ1n) is 8.20. The van der Waals surface area contributed by atoms with Crippen molar-refractivity contribution in [3.63, 3.8) is 0 Å². The molecule has 7 nitrogen and oxygen atoms in total. The summed E-state index contributed by atoms with van der Waals surface area (Å²) in [7, 11) is 3.32. The number of carbonyl (C=O) groups is 2. The van der Waals surface area contributed by atoms with Gasteiger partial charge in [0.05, 0.1) is 11.8 Å². The highest BCUT2D eigenvalue weighted by Crippen LogP contribution is 2.33. The molecule has 1 aliphatic rings. The third-order valence-electron chi connectivity index (χ3n) is 4.89. The number of halogens is 3. The van der Waals surface area contributed by atoms with Crippen molar-refractivity contribution in [1.82, 2.24) is 19.6 Å². The second-order valence-electron chi connectivity index (χ2n) is 6.97. The zero-order chi connectivity index (χ0) is 19.9. The lowest BCUT2D eigenvalue weighted by atomic mass is 9.91. The summed E-state index contributed by atoms with van der Waals surface area (Å²) in [5.74, 6) is -1.85. The molecule has 146 valence electrons. The number of aryl methyl sites for hydroxylation is 1. The minimum absolute atomic E-state index is 0.0282. The molecule has 26 heavy (non-hydrogen) atoms. The number of likely N-dealkylation sites (tertiary alicyclic amines) is 1. The topological polar surface area (TPSA) is 78.7 Å². The van der Waals surface area contributed by atoms with E-state index in [1.807, 2.05) is 0 Å². The minimum atomic E-state index is -5.04. The van der Waals surface area contributed by atoms with Gasteiger partial charge in [0.15, 0.2) is 0 Å². The van der Waals surface area contributed by atoms with E-state index in [9.17, 15) is 27.9 Å². The monoisotopic (exact) mass is 376 g/mol. The molecule has 2 amide bonds. The van der Waals surface area contributed by atoms with E-state index in [0.29, 0.717) is 18.9 Å². The highest BCUT2D eigenvalue weighted by atomic mass is 19.4. The van der Waals surface area contributed by atoms with Crippen molar-refractivity contribution in [3.8, 4) is 0 Å². The largest absolute Gasteiger partial charge is 0.426 e. The Balaban J connectivity index is 2.06. The number of hydrogen-bond acceptors (Lipinski definition) is 4. The Kier molecular flexibility index (Phi) is 5.36. The number of rotatable bonds is 3. The molecule has 1 saturated heterocycles. The van der Waals surface area contributed by atoms with E-state index in [0.717, 1.165) is 4.90 Å². The average Bonchev–Trinajstić information content (AvgIpc) is 2.98. The Morgan fingerprint density at radius 2 is 2.00 bits per heavy atom. The zero-order valence-corrected chi connectivity index (χ0v) is 15.1. The molecular formula is C16H23F3N4O3. The van der Waals surface area contributed by atoms with Crippen molar-refractivity contribution < 1.29 is 27.9 Å². The maximum atomic E-state index is 12.9. The Bertz CT molecular complexity index is 687. The molecule has 1 N–H and O–H groups in total. The molecule has 10 heteroatoms. The lowest BCUT2D eigenvalue weighted by Crippen LogP contribution is -2.60. The molecule has 3 atom stereocenters. The first-order valence-corrected chi connectivity index (χ1v) is 8.20. The van der Waals surface area contributed by atoms with Gasteiger partial charge in [0.2, 0.25) is 5.60 Å². The van der Waals surface area contributed by atoms with Crippen LogP contribution in [0.1, 0.15) is 30.6 Å². The molecule has 0 bridgehead atoms. The van der Waals surface area contributed by atoms with Crippen molar-refractivity contribution in [1.29, 1.82) is 0 Å². The molecule has 2 rings (SSSR count). The van der Waals surface area contributed by atoms with Gasteiger partial charge in [-0.25, -0.2) is 0 Å². The van der Waals surface area contributed by atoms with E-state index < -0.39 is 17.7 Å². The number of hydrogen-bond donors (Lipinski definition) is 1. The van der Waals surface area contributed by atoms with Crippen LogP contribution in [0.15, 0.2) is 12.4 Å². The van der Waals surface area contributed by atoms with Crippen LogP contribution in [0, 0.1) is 5.92 Å². The number of aromatic nitrogens is 2. The fourth-order valence-corrected chi connectivity index (χ4v) is 3.21. The van der Waals surface area contributed by atoms with Crippen LogP contribution in [0.25, 0.3) is 0 Å². The highest BCUT2D eigenvalue weighted by molar-refractivity contribution is 5.93. The third kappa shape index (κ3) is 3.69. The summed E-state index contributed by atoms with van der Waals surface area (Å²) in [5, 5.41) is 13.5. The van der Waals surface area contributed by atoms with Gasteiger partial charge >= 0.3 is 6.18 Å². The summed E-state index contributed by atoms with van der Waals surface area (Å²) < 4.78 is 40.1. The lowest BCUT2D eigenvalue weighted by Gasteiger charge is -2.43. The molecule has 1 aliphatic heterocycles. The SMILES string of the molecule is C[C@H]1CN(C(=O)[C@@](C)(O)C(F)(F)F)CC[C@H]1N(C)C(=O)c1cnn(C)c1. The van der Waals surface area contributed by atoms with E-state index in [1.165, 1.54) is 15.8 Å². The average molecular weight is 376 g/mol. The van der Waals surface area contributed by atoms with Gasteiger partial charge in [-0.15, -0.1) is 0 Å². The van der Waals surface area contributed by atoms with Crippen LogP contribution >= 0.6 is 0 Å². The fourth-order valence-electron chi connectivity index (χ4n) is 3.21. The van der Waals surface area contributed by atoms with Crippen molar-refractivity contribution in [2.75, 3.05) is 20.1 Å². The van der Waals surface area contributed by atoms with Crippen LogP contribution in [0.3, 0.4) is 0 Å². The molecule has 1 fully saturated rings. The molecule has 0 radical (unpaired) electrons. The molecule has 0 unspecified atom stereocenters. The van der Waals surface area contributed by atoms with Gasteiger partial charge in [0.1, 0.15) is 0 Å². The Morgan fingerprint density at radius 3 is 2.46 bits per heavy atom. The van der Waals surface area contributed by atoms with Crippen molar-refractivity contribution in [2.24, 2.45) is 13.0 Å². The van der Waals surface area contributed by atoms with E-state index >= 15 is 0 Å². The summed E-state index contributed by atoms with van der Waals surface area (Å²) in [5.41, 5.74) is -3.00. The second kappa shape index (κ2) is 6.90. The number of amides is 2. The highest BCUT2D eigenvalue weighted by Gasteiger charge is 2.57. The van der Waals surface area contributed by atoms with Crippen LogP contribution in [-0.2, 0) is 11.8 Å². The second-order valence-corrected chi connectivity index (χ2v) is 6.97. The van der Waals surface area contributed by atoms with Crippen molar-refractivity contribution in [3.05, 3.63) is 18.0 Å². The number of aliphatic hydroxyl groups is 1. The number of alkyl halides is 3. The number of piperidine rings is 1. The fraction of sp³-hybridized carbons (Fsp3) is 0.688. The van der Waals surface area contributed by atoms with E-state index in [2.05, 4.69) is 5.10 Å². The van der Waals surface area contributed by atoms with E-state index in [1.54, 1.807) is 27.2 Å². The molecular weight excluding hydrogens is 353 g/mol. The van der Waals surface area contributed by atoms with E-state index in [4.69, 9.17) is 0 Å². The maximum Gasteiger partial charge on any atom is 0.426 e. The van der Waals surface area contributed by atoms with Crippen molar-refractivity contribution in [2.45, 2.75) is 38.1 Å². The van der Waals surface area contributed by atoms with Gasteiger partial charge in [-0.1, -0.05) is 6.92 Å². The molecule has 1 aromatic rings. The summed E-state index contributed by atoms with van der Waals surface area (Å²) in [6.07, 6.45) is -1.69. The molecule has 0 spiro atoms. The normalized spacial score (nSPS) is 23.5. The number of carbonyl (C=O) groups excluding carboxylic acids is 2. The lowest BCUT2D eigenvalue weighted by molar-refractivity contribution is -0.251. The van der Waals surface area contributed by atoms with E-state index in [-0.39, 0.29) is 31.0 Å². The first kappa shape index (κ1) is 20.2. The smallest absolute Gasteiger partial charge is 0.373 e. The predicted octanol–water partition coefficient (Wildman–Crippen LogP) is 1.04. The van der Waals surface area contributed by atoms with Crippen LogP contribution < -0.4 is 0 Å². The van der Waals surface area contributed by atoms with Gasteiger partial charge in [0, 0.05) is 39.4 Å². The van der Waals surface area contributed by atoms with Gasteiger partial charge in [0.25, 0.3) is 11.8 Å². The zero-order valence-electron chi connectivity index (χ0n) is 15.1. The Hall–Kier alpha value is -2.10. The number of nitrogens with zero attached hydrogens (tertiary/aromatic N) is 4. The van der Waals surface area contributed by atoms with Gasteiger partial charge < -0.3 is 14.9 Å². The van der Waals surface area contributed by atoms with Gasteiger partial charge in [-0.05, 0) is 19.3 Å². The maximum absolute atomic E-state index is 12.9. The first-order chi connectivity index (χ1) is 11.9. The van der Waals surface area contributed by atoms with Crippen LogP contribution in [0.2, 0.25) is 0 Å². The third-order valence-corrected chi connectivity index (χ3v) is 4.89.